The number of carbonyl (C=O) groups is 1. The van der Waals surface area contributed by atoms with E-state index >= 15 is 0 Å². The Hall–Kier alpha value is -1.85. The maximum absolute atomic E-state index is 12.3. The summed E-state index contributed by atoms with van der Waals surface area (Å²) in [7, 11) is 5.69. The number of benzene rings is 1. The summed E-state index contributed by atoms with van der Waals surface area (Å²) in [5.41, 5.74) is 7.75. The molecule has 114 valence electrons. The quantitative estimate of drug-likeness (QED) is 0.911. The van der Waals surface area contributed by atoms with Crippen LogP contribution < -0.4 is 10.5 Å². The van der Waals surface area contributed by atoms with Crippen molar-refractivity contribution in [2.45, 2.75) is 19.4 Å². The maximum atomic E-state index is 12.3. The number of likely N-dealkylation sites (N-methyl/N-ethyl adjacent to an activating group) is 1. The second-order valence-corrected chi connectivity index (χ2v) is 5.59. The van der Waals surface area contributed by atoms with E-state index in [1.807, 2.05) is 38.5 Å². The number of nitrogens with two attached hydrogens (primary N) is 1. The average molecular weight is 289 g/mol. The molecule has 0 saturated carbocycles. The van der Waals surface area contributed by atoms with Gasteiger partial charge in [-0.15, -0.1) is 0 Å². The standard InChI is InChI=1S/C16H23N3O2/c1-11(17)16(20)19-10-12(7-8-18(2)3)14-6-5-13(21-4)9-15(14)19/h5-6,9-11H,7-8,17H2,1-4H3. The number of hydrogen-bond acceptors (Lipinski definition) is 4. The monoisotopic (exact) mass is 289 g/mol. The lowest BCUT2D eigenvalue weighted by molar-refractivity contribution is 0.0892. The van der Waals surface area contributed by atoms with E-state index in [0.29, 0.717) is 0 Å². The Bertz CT molecular complexity index is 644. The zero-order chi connectivity index (χ0) is 15.6. The van der Waals surface area contributed by atoms with Crippen molar-refractivity contribution in [1.82, 2.24) is 9.47 Å². The van der Waals surface area contributed by atoms with Gasteiger partial charge in [0.25, 0.3) is 0 Å². The molecule has 0 radical (unpaired) electrons. The lowest BCUT2D eigenvalue weighted by Crippen LogP contribution is -2.31. The third kappa shape index (κ3) is 3.25. The Balaban J connectivity index is 2.52. The highest BCUT2D eigenvalue weighted by atomic mass is 16.5. The fourth-order valence-corrected chi connectivity index (χ4v) is 2.35. The van der Waals surface area contributed by atoms with Crippen molar-refractivity contribution >= 4 is 16.8 Å². The lowest BCUT2D eigenvalue weighted by Gasteiger charge is -2.08. The summed E-state index contributed by atoms with van der Waals surface area (Å²) in [6.45, 7) is 2.63. The largest absolute Gasteiger partial charge is 0.497 e. The van der Waals surface area contributed by atoms with Crippen LogP contribution in [0.3, 0.4) is 0 Å². The van der Waals surface area contributed by atoms with Crippen LogP contribution in [0.25, 0.3) is 10.9 Å². The van der Waals surface area contributed by atoms with E-state index in [9.17, 15) is 4.79 Å². The van der Waals surface area contributed by atoms with Crippen LogP contribution in [0, 0.1) is 0 Å². The molecule has 1 heterocycles. The van der Waals surface area contributed by atoms with Crippen LogP contribution in [0.4, 0.5) is 0 Å². The Morgan fingerprint density at radius 3 is 2.71 bits per heavy atom. The van der Waals surface area contributed by atoms with Crippen molar-refractivity contribution in [3.8, 4) is 5.75 Å². The molecular formula is C16H23N3O2. The normalized spacial score (nSPS) is 12.9. The molecule has 21 heavy (non-hydrogen) atoms. The number of fused-ring (bicyclic) bond motifs is 1. The number of aromatic nitrogens is 1. The first kappa shape index (κ1) is 15.5. The van der Waals surface area contributed by atoms with Crippen LogP contribution in [0.1, 0.15) is 17.3 Å². The first-order valence-electron chi connectivity index (χ1n) is 7.06. The molecule has 0 aliphatic rings. The predicted octanol–water partition coefficient (Wildman–Crippen LogP) is 1.74. The Kier molecular flexibility index (Phi) is 4.65. The average Bonchev–Trinajstić information content (AvgIpc) is 2.81. The van der Waals surface area contributed by atoms with E-state index in [4.69, 9.17) is 10.5 Å². The summed E-state index contributed by atoms with van der Waals surface area (Å²) < 4.78 is 6.91. The zero-order valence-electron chi connectivity index (χ0n) is 13.1. The highest BCUT2D eigenvalue weighted by Crippen LogP contribution is 2.26. The summed E-state index contributed by atoms with van der Waals surface area (Å²) >= 11 is 0. The van der Waals surface area contributed by atoms with Gasteiger partial charge in [-0.1, -0.05) is 0 Å². The topological polar surface area (TPSA) is 60.5 Å². The molecule has 0 aliphatic heterocycles. The van der Waals surface area contributed by atoms with E-state index in [1.54, 1.807) is 18.6 Å². The van der Waals surface area contributed by atoms with Crippen molar-refractivity contribution in [1.29, 1.82) is 0 Å². The van der Waals surface area contributed by atoms with Gasteiger partial charge in [0.1, 0.15) is 5.75 Å². The molecule has 1 aromatic carbocycles. The summed E-state index contributed by atoms with van der Waals surface area (Å²) in [5, 5.41) is 1.08. The highest BCUT2D eigenvalue weighted by molar-refractivity contribution is 5.97. The maximum Gasteiger partial charge on any atom is 0.247 e. The molecule has 0 aliphatic carbocycles. The summed E-state index contributed by atoms with van der Waals surface area (Å²) in [5.74, 6) is 0.628. The van der Waals surface area contributed by atoms with Gasteiger partial charge in [-0.25, -0.2) is 0 Å². The molecule has 0 fully saturated rings. The molecule has 1 atom stereocenters. The van der Waals surface area contributed by atoms with Gasteiger partial charge in [-0.05, 0) is 45.1 Å². The minimum Gasteiger partial charge on any atom is -0.497 e. The third-order valence-corrected chi connectivity index (χ3v) is 3.55. The van der Waals surface area contributed by atoms with Gasteiger partial charge in [0.05, 0.1) is 18.7 Å². The molecule has 0 spiro atoms. The Labute approximate surface area is 125 Å². The number of hydrogen-bond donors (Lipinski definition) is 1. The zero-order valence-corrected chi connectivity index (χ0v) is 13.1. The molecule has 5 heteroatoms. The van der Waals surface area contributed by atoms with E-state index in [0.717, 1.165) is 35.2 Å². The summed E-state index contributed by atoms with van der Waals surface area (Å²) in [6.07, 6.45) is 2.79. The van der Waals surface area contributed by atoms with E-state index < -0.39 is 6.04 Å². The first-order valence-corrected chi connectivity index (χ1v) is 7.06. The summed E-state index contributed by atoms with van der Waals surface area (Å²) in [4.78, 5) is 14.4. The van der Waals surface area contributed by atoms with E-state index in [-0.39, 0.29) is 5.91 Å². The Morgan fingerprint density at radius 1 is 1.43 bits per heavy atom. The van der Waals surface area contributed by atoms with Gasteiger partial charge in [0.15, 0.2) is 0 Å². The van der Waals surface area contributed by atoms with Crippen molar-refractivity contribution in [2.24, 2.45) is 5.73 Å². The first-order chi connectivity index (χ1) is 9.93. The molecule has 5 nitrogen and oxygen atoms in total. The van der Waals surface area contributed by atoms with Crippen LogP contribution in [0.15, 0.2) is 24.4 Å². The van der Waals surface area contributed by atoms with Crippen molar-refractivity contribution in [3.05, 3.63) is 30.0 Å². The van der Waals surface area contributed by atoms with Gasteiger partial charge in [0.2, 0.25) is 5.91 Å². The van der Waals surface area contributed by atoms with Gasteiger partial charge in [-0.2, -0.15) is 0 Å². The van der Waals surface area contributed by atoms with Crippen LogP contribution in [-0.2, 0) is 6.42 Å². The molecule has 0 saturated heterocycles. The molecular weight excluding hydrogens is 266 g/mol. The fraction of sp³-hybridized carbons (Fsp3) is 0.438. The van der Waals surface area contributed by atoms with Gasteiger partial charge >= 0.3 is 0 Å². The number of carbonyl (C=O) groups excluding carboxylic acids is 1. The molecule has 1 unspecified atom stereocenters. The van der Waals surface area contributed by atoms with E-state index in [1.165, 1.54) is 0 Å². The van der Waals surface area contributed by atoms with Gasteiger partial charge in [-0.3, -0.25) is 9.36 Å². The smallest absolute Gasteiger partial charge is 0.247 e. The predicted molar refractivity (Wildman–Crippen MR) is 85.0 cm³/mol. The van der Waals surface area contributed by atoms with Crippen LogP contribution in [0.2, 0.25) is 0 Å². The summed E-state index contributed by atoms with van der Waals surface area (Å²) in [6, 6.07) is 5.27. The van der Waals surface area contributed by atoms with Gasteiger partial charge < -0.3 is 15.4 Å². The number of methoxy groups -OCH3 is 1. The molecule has 2 aromatic rings. The minimum atomic E-state index is -0.534. The minimum absolute atomic E-state index is 0.107. The second kappa shape index (κ2) is 6.28. The van der Waals surface area contributed by atoms with Crippen LogP contribution in [-0.4, -0.2) is 49.2 Å². The molecule has 2 rings (SSSR count). The lowest BCUT2D eigenvalue weighted by atomic mass is 10.1. The number of rotatable bonds is 5. The molecule has 2 N–H and O–H groups in total. The SMILES string of the molecule is COc1ccc2c(CCN(C)C)cn(C(=O)C(C)N)c2c1. The van der Waals surface area contributed by atoms with Crippen LogP contribution in [0.5, 0.6) is 5.75 Å². The van der Waals surface area contributed by atoms with Gasteiger partial charge in [0, 0.05) is 24.2 Å². The Morgan fingerprint density at radius 2 is 2.14 bits per heavy atom. The fourth-order valence-electron chi connectivity index (χ4n) is 2.35. The van der Waals surface area contributed by atoms with Crippen LogP contribution >= 0.6 is 0 Å². The number of nitrogens with zero attached hydrogens (tertiary/aromatic N) is 2. The van der Waals surface area contributed by atoms with E-state index in [2.05, 4.69) is 4.90 Å². The molecule has 0 amide bonds. The van der Waals surface area contributed by atoms with Crippen molar-refractivity contribution < 1.29 is 9.53 Å². The van der Waals surface area contributed by atoms with Crippen molar-refractivity contribution in [3.63, 3.8) is 0 Å². The number of ether oxygens (including phenoxy) is 1. The molecule has 0 bridgehead atoms. The second-order valence-electron chi connectivity index (χ2n) is 5.59. The third-order valence-electron chi connectivity index (χ3n) is 3.55. The molecule has 1 aromatic heterocycles. The van der Waals surface area contributed by atoms with Crippen molar-refractivity contribution in [2.75, 3.05) is 27.7 Å². The highest BCUT2D eigenvalue weighted by Gasteiger charge is 2.17.